The van der Waals surface area contributed by atoms with Crippen LogP contribution in [0.5, 0.6) is 0 Å². The van der Waals surface area contributed by atoms with Crippen LogP contribution in [0.3, 0.4) is 0 Å². The molecule has 0 saturated carbocycles. The molecule has 0 aliphatic carbocycles. The van der Waals surface area contributed by atoms with Gasteiger partial charge in [-0.1, -0.05) is 42.0 Å². The van der Waals surface area contributed by atoms with Crippen molar-refractivity contribution in [1.29, 1.82) is 0 Å². The maximum Gasteiger partial charge on any atom is 0.261 e. The van der Waals surface area contributed by atoms with Crippen molar-refractivity contribution in [3.8, 4) is 0 Å². The van der Waals surface area contributed by atoms with Crippen molar-refractivity contribution in [2.75, 3.05) is 17.0 Å². The highest BCUT2D eigenvalue weighted by Crippen LogP contribution is 2.23. The van der Waals surface area contributed by atoms with Crippen molar-refractivity contribution in [3.63, 3.8) is 0 Å². The van der Waals surface area contributed by atoms with Gasteiger partial charge in [-0.05, 0) is 55.8 Å². The summed E-state index contributed by atoms with van der Waals surface area (Å²) in [7, 11) is -3.72. The van der Waals surface area contributed by atoms with Gasteiger partial charge in [-0.15, -0.1) is 11.8 Å². The van der Waals surface area contributed by atoms with Crippen molar-refractivity contribution >= 4 is 33.4 Å². The normalized spacial score (nSPS) is 11.1. The molecule has 3 aromatic rings. The molecule has 2 N–H and O–H groups in total. The number of hydrogen-bond acceptors (Lipinski definition) is 4. The van der Waals surface area contributed by atoms with Gasteiger partial charge in [0.05, 0.1) is 10.6 Å². The van der Waals surface area contributed by atoms with Gasteiger partial charge in [0.1, 0.15) is 0 Å². The van der Waals surface area contributed by atoms with E-state index in [-0.39, 0.29) is 10.8 Å². The second-order valence-electron chi connectivity index (χ2n) is 6.81. The van der Waals surface area contributed by atoms with Crippen LogP contribution in [0, 0.1) is 13.8 Å². The first-order chi connectivity index (χ1) is 14.4. The lowest BCUT2D eigenvalue weighted by Crippen LogP contribution is -2.26. The summed E-state index contributed by atoms with van der Waals surface area (Å²) in [4.78, 5) is 13.9. The summed E-state index contributed by atoms with van der Waals surface area (Å²) >= 11 is 1.67. The zero-order valence-corrected chi connectivity index (χ0v) is 18.5. The Bertz CT molecular complexity index is 1110. The minimum absolute atomic E-state index is 0.174. The SMILES string of the molecule is Cc1ccc(SCCNC(=O)c2cccc(NS(=O)(=O)c3ccccc3)c2C)cc1. The summed E-state index contributed by atoms with van der Waals surface area (Å²) in [5.74, 6) is 0.520. The molecular weight excluding hydrogens is 416 g/mol. The largest absolute Gasteiger partial charge is 0.351 e. The monoisotopic (exact) mass is 440 g/mol. The van der Waals surface area contributed by atoms with Crippen LogP contribution in [0.1, 0.15) is 21.5 Å². The molecule has 7 heteroatoms. The van der Waals surface area contributed by atoms with Crippen molar-refractivity contribution in [2.24, 2.45) is 0 Å². The van der Waals surface area contributed by atoms with Crippen LogP contribution in [-0.4, -0.2) is 26.6 Å². The maximum atomic E-state index is 12.6. The number of carbonyl (C=O) groups excluding carboxylic acids is 1. The highest BCUT2D eigenvalue weighted by atomic mass is 32.2. The van der Waals surface area contributed by atoms with E-state index in [0.717, 1.165) is 10.6 Å². The van der Waals surface area contributed by atoms with Crippen LogP contribution in [0.15, 0.2) is 82.6 Å². The first-order valence-electron chi connectivity index (χ1n) is 9.52. The third kappa shape index (κ3) is 5.64. The van der Waals surface area contributed by atoms with E-state index in [1.165, 1.54) is 17.7 Å². The number of hydrogen-bond donors (Lipinski definition) is 2. The van der Waals surface area contributed by atoms with Gasteiger partial charge in [0.25, 0.3) is 15.9 Å². The van der Waals surface area contributed by atoms with Gasteiger partial charge >= 0.3 is 0 Å². The lowest BCUT2D eigenvalue weighted by Gasteiger charge is -2.14. The molecule has 0 aliphatic heterocycles. The lowest BCUT2D eigenvalue weighted by atomic mass is 10.1. The topological polar surface area (TPSA) is 75.3 Å². The van der Waals surface area contributed by atoms with Gasteiger partial charge in [0.2, 0.25) is 0 Å². The number of aryl methyl sites for hydroxylation is 1. The van der Waals surface area contributed by atoms with E-state index in [9.17, 15) is 13.2 Å². The smallest absolute Gasteiger partial charge is 0.261 e. The summed E-state index contributed by atoms with van der Waals surface area (Å²) in [5.41, 5.74) is 2.63. The average molecular weight is 441 g/mol. The molecule has 0 fully saturated rings. The third-order valence-electron chi connectivity index (χ3n) is 4.55. The molecule has 0 bridgehead atoms. The average Bonchev–Trinajstić information content (AvgIpc) is 2.74. The molecular formula is C23H24N2O3S2. The molecule has 3 aromatic carbocycles. The first kappa shape index (κ1) is 21.9. The Morgan fingerprint density at radius 1 is 0.900 bits per heavy atom. The molecule has 0 aromatic heterocycles. The molecule has 0 aliphatic rings. The molecule has 1 amide bonds. The van der Waals surface area contributed by atoms with Gasteiger partial charge in [0.15, 0.2) is 0 Å². The van der Waals surface area contributed by atoms with E-state index in [1.54, 1.807) is 55.1 Å². The number of carbonyl (C=O) groups is 1. The van der Waals surface area contributed by atoms with Crippen molar-refractivity contribution in [1.82, 2.24) is 5.32 Å². The van der Waals surface area contributed by atoms with Crippen LogP contribution in [0.4, 0.5) is 5.69 Å². The number of nitrogens with one attached hydrogen (secondary N) is 2. The van der Waals surface area contributed by atoms with Crippen LogP contribution in [0.2, 0.25) is 0 Å². The summed E-state index contributed by atoms with van der Waals surface area (Å²) in [6, 6.07) is 21.4. The van der Waals surface area contributed by atoms with E-state index < -0.39 is 10.0 Å². The summed E-state index contributed by atoms with van der Waals surface area (Å²) in [6.45, 7) is 4.29. The molecule has 5 nitrogen and oxygen atoms in total. The number of rotatable bonds is 8. The number of amides is 1. The molecule has 0 atom stereocenters. The fourth-order valence-electron chi connectivity index (χ4n) is 2.86. The Morgan fingerprint density at radius 3 is 2.30 bits per heavy atom. The molecule has 0 heterocycles. The summed E-state index contributed by atoms with van der Waals surface area (Å²) in [5, 5.41) is 2.91. The van der Waals surface area contributed by atoms with E-state index in [0.29, 0.717) is 23.4 Å². The summed E-state index contributed by atoms with van der Waals surface area (Å²) in [6.07, 6.45) is 0. The standard InChI is InChI=1S/C23H24N2O3S2/c1-17-11-13-19(14-12-17)29-16-15-24-23(26)21-9-6-10-22(18(21)2)25-30(27,28)20-7-4-3-5-8-20/h3-14,25H,15-16H2,1-2H3,(H,24,26). The summed E-state index contributed by atoms with van der Waals surface area (Å²) < 4.78 is 27.8. The predicted octanol–water partition coefficient (Wildman–Crippen LogP) is 4.63. The first-order valence-corrected chi connectivity index (χ1v) is 12.0. The third-order valence-corrected chi connectivity index (χ3v) is 6.95. The van der Waals surface area contributed by atoms with E-state index in [1.807, 2.05) is 6.92 Å². The van der Waals surface area contributed by atoms with Crippen molar-refractivity contribution in [2.45, 2.75) is 23.6 Å². The molecule has 30 heavy (non-hydrogen) atoms. The highest BCUT2D eigenvalue weighted by molar-refractivity contribution is 7.99. The van der Waals surface area contributed by atoms with Crippen LogP contribution in [0.25, 0.3) is 0 Å². The number of anilines is 1. The van der Waals surface area contributed by atoms with Crippen molar-refractivity contribution < 1.29 is 13.2 Å². The van der Waals surface area contributed by atoms with E-state index >= 15 is 0 Å². The molecule has 156 valence electrons. The van der Waals surface area contributed by atoms with Gasteiger partial charge < -0.3 is 5.32 Å². The van der Waals surface area contributed by atoms with Gasteiger partial charge in [0, 0.05) is 22.8 Å². The van der Waals surface area contributed by atoms with E-state index in [4.69, 9.17) is 0 Å². The maximum absolute atomic E-state index is 12.6. The zero-order valence-electron chi connectivity index (χ0n) is 16.9. The van der Waals surface area contributed by atoms with Gasteiger partial charge in [-0.25, -0.2) is 8.42 Å². The second-order valence-corrected chi connectivity index (χ2v) is 9.66. The minimum Gasteiger partial charge on any atom is -0.351 e. The quantitative estimate of drug-likeness (QED) is 0.396. The highest BCUT2D eigenvalue weighted by Gasteiger charge is 2.17. The Balaban J connectivity index is 1.62. The molecule has 0 radical (unpaired) electrons. The minimum atomic E-state index is -3.72. The fraction of sp³-hybridized carbons (Fsp3) is 0.174. The number of benzene rings is 3. The molecule has 3 rings (SSSR count). The van der Waals surface area contributed by atoms with Crippen LogP contribution < -0.4 is 10.0 Å². The predicted molar refractivity (Wildman–Crippen MR) is 123 cm³/mol. The zero-order chi connectivity index (χ0) is 21.6. The van der Waals surface area contributed by atoms with Gasteiger partial charge in [-0.2, -0.15) is 0 Å². The molecule has 0 spiro atoms. The molecule has 0 unspecified atom stereocenters. The number of thioether (sulfide) groups is 1. The Kier molecular flexibility index (Phi) is 7.18. The van der Waals surface area contributed by atoms with Crippen molar-refractivity contribution in [3.05, 3.63) is 89.5 Å². The van der Waals surface area contributed by atoms with Gasteiger partial charge in [-0.3, -0.25) is 9.52 Å². The fourth-order valence-corrected chi connectivity index (χ4v) is 4.77. The molecule has 0 saturated heterocycles. The Hall–Kier alpha value is -2.77. The van der Waals surface area contributed by atoms with E-state index in [2.05, 4.69) is 34.3 Å². The number of sulfonamides is 1. The second kappa shape index (κ2) is 9.82. The van der Waals surface area contributed by atoms with Crippen LogP contribution in [-0.2, 0) is 10.0 Å². The Labute approximate surface area is 182 Å². The van der Waals surface area contributed by atoms with Crippen LogP contribution >= 0.6 is 11.8 Å². The lowest BCUT2D eigenvalue weighted by molar-refractivity contribution is 0.0955. The Morgan fingerprint density at radius 2 is 1.60 bits per heavy atom.